The number of carboxylic acid groups (broad SMARTS) is 1. The van der Waals surface area contributed by atoms with Crippen molar-refractivity contribution in [1.29, 1.82) is 0 Å². The molecule has 0 radical (unpaired) electrons. The Hall–Kier alpha value is -1.59. The van der Waals surface area contributed by atoms with Gasteiger partial charge in [-0.3, -0.25) is 9.59 Å². The van der Waals surface area contributed by atoms with Crippen LogP contribution in [0.2, 0.25) is 0 Å². The van der Waals surface area contributed by atoms with E-state index in [1.807, 2.05) is 0 Å². The highest BCUT2D eigenvalue weighted by Gasteiger charge is 2.37. The van der Waals surface area contributed by atoms with E-state index in [1.54, 1.807) is 0 Å². The first-order chi connectivity index (χ1) is 8.58. The van der Waals surface area contributed by atoms with Gasteiger partial charge in [-0.25, -0.2) is 4.79 Å². The molecule has 100 valence electrons. The number of hydrogen-bond donors (Lipinski definition) is 2. The van der Waals surface area contributed by atoms with E-state index in [0.29, 0.717) is 6.42 Å². The molecule has 1 atom stereocenters. The lowest BCUT2D eigenvalue weighted by molar-refractivity contribution is -0.147. The fourth-order valence-electron chi connectivity index (χ4n) is 2.69. The zero-order chi connectivity index (χ0) is 13.1. The van der Waals surface area contributed by atoms with Crippen LogP contribution in [0.3, 0.4) is 0 Å². The summed E-state index contributed by atoms with van der Waals surface area (Å²) in [5, 5.41) is 11.8. The smallest absolute Gasteiger partial charge is 0.326 e. The number of nitrogens with zero attached hydrogens (tertiary/aromatic N) is 1. The number of likely N-dealkylation sites (tertiary alicyclic amines) is 1. The van der Waals surface area contributed by atoms with Crippen LogP contribution in [0.4, 0.5) is 0 Å². The molecule has 2 aliphatic rings. The third kappa shape index (κ3) is 2.80. The lowest BCUT2D eigenvalue weighted by Crippen LogP contribution is -2.46. The lowest BCUT2D eigenvalue weighted by atomic mass is 10.2. The Balaban J connectivity index is 1.88. The number of rotatable bonds is 4. The predicted molar refractivity (Wildman–Crippen MR) is 62.8 cm³/mol. The van der Waals surface area contributed by atoms with E-state index in [9.17, 15) is 14.4 Å². The molecule has 6 nitrogen and oxygen atoms in total. The first-order valence-electron chi connectivity index (χ1n) is 6.39. The van der Waals surface area contributed by atoms with E-state index in [2.05, 4.69) is 5.32 Å². The maximum atomic E-state index is 11.8. The standard InChI is InChI=1S/C12H18N2O4/c15-10(13-8-3-1-2-4-8)7-14-9(12(17)18)5-6-11(14)16/h8-9H,1-7H2,(H,13,15)(H,17,18). The van der Waals surface area contributed by atoms with Crippen LogP contribution >= 0.6 is 0 Å². The molecule has 2 fully saturated rings. The first kappa shape index (κ1) is 12.9. The Labute approximate surface area is 105 Å². The van der Waals surface area contributed by atoms with E-state index < -0.39 is 12.0 Å². The zero-order valence-corrected chi connectivity index (χ0v) is 10.2. The minimum Gasteiger partial charge on any atom is -0.480 e. The van der Waals surface area contributed by atoms with E-state index in [0.717, 1.165) is 25.7 Å². The van der Waals surface area contributed by atoms with E-state index >= 15 is 0 Å². The third-order valence-electron chi connectivity index (χ3n) is 3.65. The summed E-state index contributed by atoms with van der Waals surface area (Å²) in [6, 6.07) is -0.648. The first-order valence-corrected chi connectivity index (χ1v) is 6.39. The maximum Gasteiger partial charge on any atom is 0.326 e. The average Bonchev–Trinajstić information content (AvgIpc) is 2.90. The van der Waals surface area contributed by atoms with Crippen molar-refractivity contribution in [3.8, 4) is 0 Å². The van der Waals surface area contributed by atoms with Crippen LogP contribution in [-0.4, -0.2) is 46.4 Å². The molecule has 1 heterocycles. The Kier molecular flexibility index (Phi) is 3.84. The quantitative estimate of drug-likeness (QED) is 0.746. The number of carboxylic acids is 1. The molecule has 0 aromatic heterocycles. The molecule has 0 bridgehead atoms. The molecule has 2 amide bonds. The second-order valence-corrected chi connectivity index (χ2v) is 4.96. The Morgan fingerprint density at radius 1 is 1.28 bits per heavy atom. The van der Waals surface area contributed by atoms with Crippen molar-refractivity contribution in [3.05, 3.63) is 0 Å². The van der Waals surface area contributed by atoms with Gasteiger partial charge in [-0.1, -0.05) is 12.8 Å². The van der Waals surface area contributed by atoms with Gasteiger partial charge in [0.05, 0.1) is 0 Å². The summed E-state index contributed by atoms with van der Waals surface area (Å²) in [4.78, 5) is 35.4. The molecule has 1 unspecified atom stereocenters. The van der Waals surface area contributed by atoms with Crippen LogP contribution in [0, 0.1) is 0 Å². The topological polar surface area (TPSA) is 86.7 Å². The van der Waals surface area contributed by atoms with Crippen molar-refractivity contribution in [2.75, 3.05) is 6.54 Å². The van der Waals surface area contributed by atoms with Gasteiger partial charge in [0.1, 0.15) is 12.6 Å². The summed E-state index contributed by atoms with van der Waals surface area (Å²) < 4.78 is 0. The predicted octanol–water partition coefficient (Wildman–Crippen LogP) is 0.121. The number of carbonyl (C=O) groups is 3. The second-order valence-electron chi connectivity index (χ2n) is 4.96. The molecule has 0 aromatic carbocycles. The fraction of sp³-hybridized carbons (Fsp3) is 0.750. The van der Waals surface area contributed by atoms with Crippen LogP contribution in [0.5, 0.6) is 0 Å². The summed E-state index contributed by atoms with van der Waals surface area (Å²) in [7, 11) is 0. The summed E-state index contributed by atoms with van der Waals surface area (Å²) in [5.74, 6) is -1.53. The molecule has 1 saturated heterocycles. The van der Waals surface area contributed by atoms with Gasteiger partial charge >= 0.3 is 5.97 Å². The van der Waals surface area contributed by atoms with Gasteiger partial charge in [0.15, 0.2) is 0 Å². The third-order valence-corrected chi connectivity index (χ3v) is 3.65. The maximum absolute atomic E-state index is 11.8. The summed E-state index contributed by atoms with van der Waals surface area (Å²) >= 11 is 0. The second kappa shape index (κ2) is 5.37. The molecule has 1 aliphatic carbocycles. The molecule has 18 heavy (non-hydrogen) atoms. The van der Waals surface area contributed by atoms with Gasteiger partial charge < -0.3 is 15.3 Å². The number of amides is 2. The van der Waals surface area contributed by atoms with Crippen LogP contribution < -0.4 is 5.32 Å². The molecule has 2 N–H and O–H groups in total. The monoisotopic (exact) mass is 254 g/mol. The van der Waals surface area contributed by atoms with Gasteiger partial charge in [-0.15, -0.1) is 0 Å². The summed E-state index contributed by atoms with van der Waals surface area (Å²) in [5.41, 5.74) is 0. The van der Waals surface area contributed by atoms with E-state index in [1.165, 1.54) is 4.90 Å². The summed E-state index contributed by atoms with van der Waals surface area (Å²) in [6.07, 6.45) is 4.69. The molecule has 1 aliphatic heterocycles. The molecule has 0 aromatic rings. The van der Waals surface area contributed by atoms with Crippen LogP contribution in [0.25, 0.3) is 0 Å². The normalized spacial score (nSPS) is 24.6. The summed E-state index contributed by atoms with van der Waals surface area (Å²) in [6.45, 7) is -0.133. The molecular formula is C12H18N2O4. The van der Waals surface area contributed by atoms with Crippen molar-refractivity contribution in [1.82, 2.24) is 10.2 Å². The molecule has 1 saturated carbocycles. The van der Waals surface area contributed by atoms with E-state index in [-0.39, 0.29) is 30.8 Å². The Morgan fingerprint density at radius 2 is 1.94 bits per heavy atom. The number of carbonyl (C=O) groups excluding carboxylic acids is 2. The van der Waals surface area contributed by atoms with Crippen molar-refractivity contribution < 1.29 is 19.5 Å². The van der Waals surface area contributed by atoms with Gasteiger partial charge in [-0.05, 0) is 19.3 Å². The number of nitrogens with one attached hydrogen (secondary N) is 1. The average molecular weight is 254 g/mol. The largest absolute Gasteiger partial charge is 0.480 e. The van der Waals surface area contributed by atoms with Gasteiger partial charge in [-0.2, -0.15) is 0 Å². The Morgan fingerprint density at radius 3 is 2.56 bits per heavy atom. The van der Waals surface area contributed by atoms with Crippen LogP contribution in [-0.2, 0) is 14.4 Å². The molecular weight excluding hydrogens is 236 g/mol. The van der Waals surface area contributed by atoms with Crippen molar-refractivity contribution >= 4 is 17.8 Å². The highest BCUT2D eigenvalue weighted by molar-refractivity contribution is 5.91. The van der Waals surface area contributed by atoms with Crippen LogP contribution in [0.15, 0.2) is 0 Å². The molecule has 2 rings (SSSR count). The minimum atomic E-state index is -1.03. The fourth-order valence-corrected chi connectivity index (χ4v) is 2.69. The lowest BCUT2D eigenvalue weighted by Gasteiger charge is -2.22. The van der Waals surface area contributed by atoms with Crippen molar-refractivity contribution in [3.63, 3.8) is 0 Å². The van der Waals surface area contributed by atoms with Crippen molar-refractivity contribution in [2.45, 2.75) is 50.6 Å². The minimum absolute atomic E-state index is 0.133. The molecule has 0 spiro atoms. The highest BCUT2D eigenvalue weighted by Crippen LogP contribution is 2.20. The van der Waals surface area contributed by atoms with Gasteiger partial charge in [0.2, 0.25) is 11.8 Å². The number of aliphatic carboxylic acids is 1. The molecule has 6 heteroatoms. The number of hydrogen-bond acceptors (Lipinski definition) is 3. The van der Waals surface area contributed by atoms with Crippen molar-refractivity contribution in [2.24, 2.45) is 0 Å². The highest BCUT2D eigenvalue weighted by atomic mass is 16.4. The van der Waals surface area contributed by atoms with Gasteiger partial charge in [0, 0.05) is 12.5 Å². The van der Waals surface area contributed by atoms with Gasteiger partial charge in [0.25, 0.3) is 0 Å². The zero-order valence-electron chi connectivity index (χ0n) is 10.2. The SMILES string of the molecule is O=C(CN1C(=O)CCC1C(=O)O)NC1CCCC1. The van der Waals surface area contributed by atoms with E-state index in [4.69, 9.17) is 5.11 Å². The van der Waals surface area contributed by atoms with Crippen LogP contribution in [0.1, 0.15) is 38.5 Å². The Bertz CT molecular complexity index is 363.